The first-order chi connectivity index (χ1) is 22.0. The number of aromatic nitrogens is 3. The quantitative estimate of drug-likeness (QED) is 0.319. The minimum absolute atomic E-state index is 0.0740. The Kier molecular flexibility index (Phi) is 8.81. The molecule has 16 heteroatoms. The van der Waals surface area contributed by atoms with Crippen molar-refractivity contribution in [1.29, 1.82) is 0 Å². The van der Waals surface area contributed by atoms with Gasteiger partial charge in [-0.05, 0) is 42.5 Å². The highest BCUT2D eigenvalue weighted by Gasteiger charge is 2.54. The molecule has 1 N–H and O–H groups in total. The minimum atomic E-state index is -2.92. The summed E-state index contributed by atoms with van der Waals surface area (Å²) in [6, 6.07) is 3.00. The van der Waals surface area contributed by atoms with Crippen LogP contribution in [0.15, 0.2) is 30.5 Å². The normalized spacial score (nSPS) is 22.1. The van der Waals surface area contributed by atoms with Gasteiger partial charge in [-0.15, -0.1) is 5.10 Å². The van der Waals surface area contributed by atoms with Gasteiger partial charge in [-0.25, -0.2) is 26.7 Å². The van der Waals surface area contributed by atoms with E-state index < -0.39 is 66.1 Å². The highest BCUT2D eigenvalue weighted by molar-refractivity contribution is 6.36. The molecule has 2 bridgehead atoms. The number of piperidine rings is 1. The Morgan fingerprint density at radius 3 is 2.70 bits per heavy atom. The van der Waals surface area contributed by atoms with Crippen molar-refractivity contribution in [2.45, 2.75) is 44.2 Å². The lowest BCUT2D eigenvalue weighted by atomic mass is 9.84. The van der Waals surface area contributed by atoms with Gasteiger partial charge in [0.05, 0.1) is 35.0 Å². The molecule has 1 saturated carbocycles. The largest absolute Gasteiger partial charge is 0.507 e. The van der Waals surface area contributed by atoms with Crippen LogP contribution >= 0.6 is 11.6 Å². The fourth-order valence-electron chi connectivity index (χ4n) is 7.10. The zero-order valence-corrected chi connectivity index (χ0v) is 25.1. The Bertz CT molecular complexity index is 1640. The molecule has 4 unspecified atom stereocenters. The Morgan fingerprint density at radius 2 is 2.02 bits per heavy atom. The lowest BCUT2D eigenvalue weighted by molar-refractivity contribution is 0.00371. The molecule has 4 atom stereocenters. The van der Waals surface area contributed by atoms with E-state index in [2.05, 4.69) is 10.3 Å². The number of phenols is 1. The number of nitrogens with zero attached hydrogens (tertiary/aromatic N) is 5. The molecule has 3 aliphatic rings. The number of hydrogen-bond donors (Lipinski definition) is 1. The van der Waals surface area contributed by atoms with E-state index in [-0.39, 0.29) is 65.6 Å². The Balaban J connectivity index is 1.37. The number of carbonyl (C=O) groups excluding carboxylic acids is 2. The number of hydrogen-bond acceptors (Lipinski definition) is 7. The van der Waals surface area contributed by atoms with Gasteiger partial charge in [0, 0.05) is 44.1 Å². The van der Waals surface area contributed by atoms with E-state index >= 15 is 0 Å². The second-order valence-corrected chi connectivity index (χ2v) is 11.9. The average Bonchev–Trinajstić information content (AvgIpc) is 3.59. The number of halogens is 6. The maximum atomic E-state index is 15.0. The predicted molar refractivity (Wildman–Crippen MR) is 153 cm³/mol. The molecule has 1 aromatic heterocycles. The first kappa shape index (κ1) is 32.0. The summed E-state index contributed by atoms with van der Waals surface area (Å²) in [6.07, 6.45) is -4.55. The van der Waals surface area contributed by atoms with Crippen molar-refractivity contribution < 1.29 is 46.1 Å². The molecule has 1 saturated heterocycles. The van der Waals surface area contributed by atoms with Gasteiger partial charge in [-0.3, -0.25) is 4.79 Å². The highest BCUT2D eigenvalue weighted by atomic mass is 35.5. The monoisotopic (exact) mass is 669 g/mol. The van der Waals surface area contributed by atoms with E-state index in [4.69, 9.17) is 21.1 Å². The van der Waals surface area contributed by atoms with Crippen LogP contribution in [0.5, 0.6) is 11.5 Å². The number of fused-ring (bicyclic) bond motifs is 5. The number of rotatable bonds is 8. The van der Waals surface area contributed by atoms with Gasteiger partial charge in [0.2, 0.25) is 6.43 Å². The van der Waals surface area contributed by atoms with Crippen molar-refractivity contribution in [2.75, 3.05) is 33.4 Å². The van der Waals surface area contributed by atoms with E-state index in [1.807, 2.05) is 0 Å². The maximum absolute atomic E-state index is 15.0. The fourth-order valence-corrected chi connectivity index (χ4v) is 7.47. The minimum Gasteiger partial charge on any atom is -0.507 e. The van der Waals surface area contributed by atoms with Crippen molar-refractivity contribution >= 4 is 23.5 Å². The maximum Gasteiger partial charge on any atom is 0.346 e. The number of amides is 2. The first-order valence-electron chi connectivity index (χ1n) is 14.6. The van der Waals surface area contributed by atoms with Crippen LogP contribution in [0.3, 0.4) is 0 Å². The second-order valence-electron chi connectivity index (χ2n) is 11.5. The molecule has 46 heavy (non-hydrogen) atoms. The Morgan fingerprint density at radius 1 is 1.24 bits per heavy atom. The summed E-state index contributed by atoms with van der Waals surface area (Å²) in [5, 5.41) is 17.2. The Labute approximate surface area is 264 Å². The summed E-state index contributed by atoms with van der Waals surface area (Å²) >= 11 is 6.72. The van der Waals surface area contributed by atoms with Crippen LogP contribution in [-0.2, 0) is 11.2 Å². The summed E-state index contributed by atoms with van der Waals surface area (Å²) in [5.41, 5.74) is -1.45. The van der Waals surface area contributed by atoms with Gasteiger partial charge in [0.25, 0.3) is 12.3 Å². The van der Waals surface area contributed by atoms with Crippen LogP contribution in [0, 0.1) is 17.7 Å². The van der Waals surface area contributed by atoms with Crippen molar-refractivity contribution in [3.63, 3.8) is 0 Å². The van der Waals surface area contributed by atoms with Crippen molar-refractivity contribution in [2.24, 2.45) is 11.8 Å². The SMILES string of the molecule is COCCN(C(=O)n1cc(C(F)F)nn1)C1C2CCC1C1COc3c(cc(CC(F)F)c(-c4c(O)cccc4F)c3Cl)C(=O)N1C2. The molecule has 2 amide bonds. The number of benzene rings is 2. The summed E-state index contributed by atoms with van der Waals surface area (Å²) in [6.45, 7) is 0.342. The number of ether oxygens (including phenoxy) is 2. The van der Waals surface area contributed by atoms with Crippen molar-refractivity contribution in [1.82, 2.24) is 24.8 Å². The molecular formula is C30H29ClF5N5O5. The van der Waals surface area contributed by atoms with Crippen molar-refractivity contribution in [3.05, 3.63) is 58.1 Å². The van der Waals surface area contributed by atoms with Gasteiger partial charge in [-0.1, -0.05) is 22.9 Å². The van der Waals surface area contributed by atoms with E-state index in [0.29, 0.717) is 12.8 Å². The molecule has 1 aliphatic carbocycles. The van der Waals surface area contributed by atoms with Crippen LogP contribution in [0.1, 0.15) is 40.9 Å². The molecule has 6 rings (SSSR count). The number of phenolic OH excluding ortho intramolecular Hbond substituents is 1. The molecule has 0 spiro atoms. The standard InChI is InChI=1S/C30H29ClF5N5O5/c1-45-8-7-39(30(44)41-12-19(28(35)36)37-38-41)26-14-5-6-16(26)20-13-46-27-17(29(43)40(20)11-14)9-15(10-22(33)34)23(25(27)31)24-18(32)3-2-4-21(24)42/h2-4,9,12,14,16,20,22,26,28,42H,5-8,10-11,13H2,1H3. The zero-order valence-electron chi connectivity index (χ0n) is 24.4. The molecule has 0 radical (unpaired) electrons. The summed E-state index contributed by atoms with van der Waals surface area (Å²) in [7, 11) is 1.46. The van der Waals surface area contributed by atoms with Crippen molar-refractivity contribution in [3.8, 4) is 22.6 Å². The zero-order chi connectivity index (χ0) is 32.9. The van der Waals surface area contributed by atoms with Crippen LogP contribution < -0.4 is 4.74 Å². The van der Waals surface area contributed by atoms with Gasteiger partial charge in [0.15, 0.2) is 5.75 Å². The molecule has 2 fully saturated rings. The highest BCUT2D eigenvalue weighted by Crippen LogP contribution is 2.50. The van der Waals surface area contributed by atoms with Gasteiger partial charge >= 0.3 is 6.03 Å². The van der Waals surface area contributed by atoms with E-state index in [1.54, 1.807) is 4.90 Å². The Hall–Kier alpha value is -3.98. The fraction of sp³-hybridized carbons (Fsp3) is 0.467. The topological polar surface area (TPSA) is 110 Å². The van der Waals surface area contributed by atoms with Crippen LogP contribution in [0.25, 0.3) is 11.1 Å². The van der Waals surface area contributed by atoms with Crippen LogP contribution in [0.4, 0.5) is 26.7 Å². The smallest absolute Gasteiger partial charge is 0.346 e. The van der Waals surface area contributed by atoms with E-state index in [9.17, 15) is 36.6 Å². The third-order valence-electron chi connectivity index (χ3n) is 9.00. The number of aromatic hydroxyl groups is 1. The summed E-state index contributed by atoms with van der Waals surface area (Å²) < 4.78 is 81.0. The van der Waals surface area contributed by atoms with Crippen LogP contribution in [0.2, 0.25) is 5.02 Å². The van der Waals surface area contributed by atoms with Gasteiger partial charge in [0.1, 0.15) is 23.9 Å². The molecule has 3 heterocycles. The van der Waals surface area contributed by atoms with Gasteiger partial charge in [-0.2, -0.15) is 4.68 Å². The molecule has 246 valence electrons. The van der Waals surface area contributed by atoms with Crippen LogP contribution in [-0.4, -0.2) is 93.8 Å². The predicted octanol–water partition coefficient (Wildman–Crippen LogP) is 5.42. The average molecular weight is 670 g/mol. The lowest BCUT2D eigenvalue weighted by Crippen LogP contribution is -2.61. The first-order valence-corrected chi connectivity index (χ1v) is 14.9. The number of carbonyl (C=O) groups is 2. The molecular weight excluding hydrogens is 641 g/mol. The van der Waals surface area contributed by atoms with Gasteiger partial charge < -0.3 is 24.4 Å². The summed E-state index contributed by atoms with van der Waals surface area (Å²) in [4.78, 5) is 30.8. The van der Waals surface area contributed by atoms with E-state index in [1.165, 1.54) is 30.2 Å². The molecule has 2 aliphatic heterocycles. The third-order valence-corrected chi connectivity index (χ3v) is 9.36. The molecule has 2 aromatic carbocycles. The molecule has 10 nitrogen and oxygen atoms in total. The second kappa shape index (κ2) is 12.7. The summed E-state index contributed by atoms with van der Waals surface area (Å²) in [5.74, 6) is -2.63. The molecule has 3 aromatic rings. The number of methoxy groups -OCH3 is 1. The number of alkyl halides is 4. The van der Waals surface area contributed by atoms with E-state index in [0.717, 1.165) is 16.9 Å². The third kappa shape index (κ3) is 5.52. The lowest BCUT2D eigenvalue weighted by Gasteiger charge is -2.47.